The van der Waals surface area contributed by atoms with Crippen molar-refractivity contribution in [1.82, 2.24) is 14.8 Å². The van der Waals surface area contributed by atoms with Gasteiger partial charge in [0, 0.05) is 38.9 Å². The fourth-order valence-electron chi connectivity index (χ4n) is 4.61. The molecule has 0 radical (unpaired) electrons. The van der Waals surface area contributed by atoms with Gasteiger partial charge in [0.2, 0.25) is 5.91 Å². The number of carbonyl (C=O) groups excluding carboxylic acids is 1. The third-order valence-electron chi connectivity index (χ3n) is 6.09. The quantitative estimate of drug-likeness (QED) is 0.813. The van der Waals surface area contributed by atoms with E-state index < -0.39 is 0 Å². The first-order valence-corrected chi connectivity index (χ1v) is 10.3. The van der Waals surface area contributed by atoms with Crippen molar-refractivity contribution in [3.8, 4) is 0 Å². The molecule has 2 aromatic rings. The van der Waals surface area contributed by atoms with Crippen molar-refractivity contribution in [3.05, 3.63) is 66.0 Å². The lowest BCUT2D eigenvalue weighted by atomic mass is 9.83. The van der Waals surface area contributed by atoms with Gasteiger partial charge in [0.05, 0.1) is 11.6 Å². The predicted octanol–water partition coefficient (Wildman–Crippen LogP) is 3.70. The van der Waals surface area contributed by atoms with Crippen LogP contribution in [0.2, 0.25) is 0 Å². The summed E-state index contributed by atoms with van der Waals surface area (Å²) in [7, 11) is 0. The normalized spacial score (nSPS) is 19.9. The summed E-state index contributed by atoms with van der Waals surface area (Å²) in [5.74, 6) is 0.882. The van der Waals surface area contributed by atoms with Gasteiger partial charge in [-0.15, -0.1) is 0 Å². The van der Waals surface area contributed by atoms with E-state index in [0.29, 0.717) is 11.8 Å². The molecule has 0 bridgehead atoms. The maximum atomic E-state index is 13.4. The Hall–Kier alpha value is -2.20. The van der Waals surface area contributed by atoms with Gasteiger partial charge in [-0.2, -0.15) is 0 Å². The minimum Gasteiger partial charge on any atom is -0.340 e. The smallest absolute Gasteiger partial charge is 0.230 e. The first kappa shape index (κ1) is 18.2. The molecule has 1 saturated heterocycles. The molecule has 2 heterocycles. The molecular formula is C23H29N3O. The molecular weight excluding hydrogens is 334 g/mol. The van der Waals surface area contributed by atoms with Gasteiger partial charge in [0.25, 0.3) is 0 Å². The number of pyridine rings is 1. The second kappa shape index (κ2) is 8.66. The molecule has 1 amide bonds. The van der Waals surface area contributed by atoms with E-state index in [1.807, 2.05) is 24.4 Å². The van der Waals surface area contributed by atoms with Crippen LogP contribution in [0.3, 0.4) is 0 Å². The van der Waals surface area contributed by atoms with Crippen LogP contribution in [-0.2, 0) is 11.3 Å². The number of rotatable bonds is 5. The molecule has 4 nitrogen and oxygen atoms in total. The van der Waals surface area contributed by atoms with Crippen molar-refractivity contribution < 1.29 is 4.79 Å². The number of aromatic nitrogens is 1. The van der Waals surface area contributed by atoms with Gasteiger partial charge >= 0.3 is 0 Å². The van der Waals surface area contributed by atoms with Crippen molar-refractivity contribution >= 4 is 5.91 Å². The minimum absolute atomic E-state index is 0.0380. The van der Waals surface area contributed by atoms with Crippen molar-refractivity contribution in [3.63, 3.8) is 0 Å². The zero-order valence-corrected chi connectivity index (χ0v) is 16.0. The Morgan fingerprint density at radius 3 is 2.33 bits per heavy atom. The molecule has 4 rings (SSSR count). The van der Waals surface area contributed by atoms with E-state index in [0.717, 1.165) is 38.4 Å². The number of nitrogens with zero attached hydrogens (tertiary/aromatic N) is 3. The molecule has 1 saturated carbocycles. The second-order valence-corrected chi connectivity index (χ2v) is 7.86. The summed E-state index contributed by atoms with van der Waals surface area (Å²) in [4.78, 5) is 22.4. The summed E-state index contributed by atoms with van der Waals surface area (Å²) in [6.45, 7) is 4.36. The lowest BCUT2D eigenvalue weighted by Crippen LogP contribution is -2.50. The average molecular weight is 364 g/mol. The van der Waals surface area contributed by atoms with Crippen LogP contribution >= 0.6 is 0 Å². The molecule has 1 atom stereocenters. The van der Waals surface area contributed by atoms with Crippen molar-refractivity contribution in [2.75, 3.05) is 26.2 Å². The average Bonchev–Trinajstić information content (AvgIpc) is 3.24. The Balaban J connectivity index is 1.40. The van der Waals surface area contributed by atoms with E-state index in [-0.39, 0.29) is 5.92 Å². The Morgan fingerprint density at radius 1 is 0.963 bits per heavy atom. The fourth-order valence-corrected chi connectivity index (χ4v) is 4.61. The van der Waals surface area contributed by atoms with Gasteiger partial charge in [-0.3, -0.25) is 14.7 Å². The van der Waals surface area contributed by atoms with E-state index >= 15 is 0 Å². The fraction of sp³-hybridized carbons (Fsp3) is 0.478. The Morgan fingerprint density at radius 2 is 1.67 bits per heavy atom. The van der Waals surface area contributed by atoms with Gasteiger partial charge in [-0.05, 0) is 36.5 Å². The zero-order chi connectivity index (χ0) is 18.5. The minimum atomic E-state index is 0.0380. The Kier molecular flexibility index (Phi) is 5.83. The standard InChI is InChI=1S/C23H29N3O/c27-23(22(20-10-4-5-11-20)19-8-2-1-3-9-19)26-16-14-25(15-17-26)18-21-12-6-7-13-24-21/h1-3,6-9,12-13,20,22H,4-5,10-11,14-18H2. The molecule has 1 aromatic carbocycles. The number of hydrogen-bond donors (Lipinski definition) is 0. The van der Waals surface area contributed by atoms with Crippen LogP contribution in [0.4, 0.5) is 0 Å². The van der Waals surface area contributed by atoms with Crippen LogP contribution in [0.25, 0.3) is 0 Å². The predicted molar refractivity (Wildman–Crippen MR) is 107 cm³/mol. The Bertz CT molecular complexity index is 720. The molecule has 2 fully saturated rings. The SMILES string of the molecule is O=C(C(c1ccccc1)C1CCCC1)N1CCN(Cc2ccccn2)CC1. The van der Waals surface area contributed by atoms with Gasteiger partial charge < -0.3 is 4.90 Å². The topological polar surface area (TPSA) is 36.4 Å². The molecule has 2 aliphatic rings. The van der Waals surface area contributed by atoms with Gasteiger partial charge in [-0.1, -0.05) is 49.2 Å². The van der Waals surface area contributed by atoms with E-state index in [1.165, 1.54) is 31.2 Å². The highest BCUT2D eigenvalue weighted by Crippen LogP contribution is 2.38. The summed E-state index contributed by atoms with van der Waals surface area (Å²) in [5, 5.41) is 0. The van der Waals surface area contributed by atoms with Crippen LogP contribution < -0.4 is 0 Å². The van der Waals surface area contributed by atoms with Crippen molar-refractivity contribution in [2.24, 2.45) is 5.92 Å². The first-order valence-electron chi connectivity index (χ1n) is 10.3. The second-order valence-electron chi connectivity index (χ2n) is 7.86. The third-order valence-corrected chi connectivity index (χ3v) is 6.09. The van der Waals surface area contributed by atoms with Crippen LogP contribution in [-0.4, -0.2) is 46.9 Å². The lowest BCUT2D eigenvalue weighted by Gasteiger charge is -2.37. The molecule has 1 aromatic heterocycles. The number of benzene rings is 1. The summed E-state index contributed by atoms with van der Waals surface area (Å²) in [6, 6.07) is 16.5. The van der Waals surface area contributed by atoms with Gasteiger partial charge in [0.15, 0.2) is 0 Å². The molecule has 0 N–H and O–H groups in total. The van der Waals surface area contributed by atoms with Crippen LogP contribution in [0.15, 0.2) is 54.7 Å². The lowest BCUT2D eigenvalue weighted by molar-refractivity contribution is -0.136. The van der Waals surface area contributed by atoms with Gasteiger partial charge in [-0.25, -0.2) is 0 Å². The number of amides is 1. The van der Waals surface area contributed by atoms with Gasteiger partial charge in [0.1, 0.15) is 0 Å². The van der Waals surface area contributed by atoms with Crippen LogP contribution in [0.5, 0.6) is 0 Å². The molecule has 142 valence electrons. The highest BCUT2D eigenvalue weighted by molar-refractivity contribution is 5.84. The van der Waals surface area contributed by atoms with E-state index in [1.54, 1.807) is 0 Å². The molecule has 1 aliphatic carbocycles. The number of carbonyl (C=O) groups is 1. The van der Waals surface area contributed by atoms with Crippen LogP contribution in [0.1, 0.15) is 42.9 Å². The maximum absolute atomic E-state index is 13.4. The Labute approximate surface area is 162 Å². The largest absolute Gasteiger partial charge is 0.340 e. The summed E-state index contributed by atoms with van der Waals surface area (Å²) >= 11 is 0. The van der Waals surface area contributed by atoms with Crippen LogP contribution in [0, 0.1) is 5.92 Å². The summed E-state index contributed by atoms with van der Waals surface area (Å²) in [6.07, 6.45) is 6.75. The summed E-state index contributed by atoms with van der Waals surface area (Å²) in [5.41, 5.74) is 2.30. The van der Waals surface area contributed by atoms with E-state index in [2.05, 4.69) is 45.1 Å². The molecule has 27 heavy (non-hydrogen) atoms. The number of hydrogen-bond acceptors (Lipinski definition) is 3. The highest BCUT2D eigenvalue weighted by atomic mass is 16.2. The molecule has 0 spiro atoms. The first-order chi connectivity index (χ1) is 13.3. The van der Waals surface area contributed by atoms with E-state index in [9.17, 15) is 4.79 Å². The highest BCUT2D eigenvalue weighted by Gasteiger charge is 2.35. The number of piperazine rings is 1. The molecule has 1 aliphatic heterocycles. The zero-order valence-electron chi connectivity index (χ0n) is 16.0. The summed E-state index contributed by atoms with van der Waals surface area (Å²) < 4.78 is 0. The maximum Gasteiger partial charge on any atom is 0.230 e. The molecule has 1 unspecified atom stereocenters. The van der Waals surface area contributed by atoms with E-state index in [4.69, 9.17) is 0 Å². The third kappa shape index (κ3) is 4.38. The molecule has 4 heteroatoms. The van der Waals surface area contributed by atoms with Crippen molar-refractivity contribution in [1.29, 1.82) is 0 Å². The monoisotopic (exact) mass is 363 g/mol. The van der Waals surface area contributed by atoms with Crippen molar-refractivity contribution in [2.45, 2.75) is 38.1 Å².